The molecule has 0 bridgehead atoms. The minimum atomic E-state index is -0.121. The summed E-state index contributed by atoms with van der Waals surface area (Å²) in [6.07, 6.45) is 10.0. The van der Waals surface area contributed by atoms with Crippen LogP contribution in [0.3, 0.4) is 0 Å². The Morgan fingerprint density at radius 2 is 2.08 bits per heavy atom. The second kappa shape index (κ2) is 8.01. The Morgan fingerprint density at radius 3 is 2.76 bits per heavy atom. The number of carbonyl (C=O) groups is 1. The molecule has 1 aromatic heterocycles. The second-order valence-electron chi connectivity index (χ2n) is 6.24. The highest BCUT2D eigenvalue weighted by Gasteiger charge is 2.18. The normalized spacial score (nSPS) is 15.0. The fourth-order valence-electron chi connectivity index (χ4n) is 2.98. The van der Waals surface area contributed by atoms with Crippen molar-refractivity contribution in [2.24, 2.45) is 7.05 Å². The van der Waals surface area contributed by atoms with Gasteiger partial charge in [0.1, 0.15) is 5.69 Å². The third kappa shape index (κ3) is 4.50. The summed E-state index contributed by atoms with van der Waals surface area (Å²) in [7, 11) is 1.79. The summed E-state index contributed by atoms with van der Waals surface area (Å²) in [4.78, 5) is 12.1. The number of nitrogens with zero attached hydrogens (tertiary/aromatic N) is 2. The van der Waals surface area contributed by atoms with E-state index in [2.05, 4.69) is 5.10 Å². The van der Waals surface area contributed by atoms with Gasteiger partial charge in [-0.1, -0.05) is 12.1 Å². The van der Waals surface area contributed by atoms with Gasteiger partial charge in [-0.15, -0.1) is 0 Å². The molecule has 1 heterocycles. The van der Waals surface area contributed by atoms with Gasteiger partial charge in [-0.2, -0.15) is 5.10 Å². The predicted molar refractivity (Wildman–Crippen MR) is 97.1 cm³/mol. The van der Waals surface area contributed by atoms with Crippen molar-refractivity contribution in [1.82, 2.24) is 9.78 Å². The fraction of sp³-hybridized carbons (Fsp3) is 0.400. The molecular formula is C20H24N2O3. The van der Waals surface area contributed by atoms with E-state index < -0.39 is 0 Å². The molecule has 0 N–H and O–H groups in total. The molecule has 1 aliphatic carbocycles. The van der Waals surface area contributed by atoms with Crippen molar-refractivity contribution < 1.29 is 14.3 Å². The average Bonchev–Trinajstić information content (AvgIpc) is 3.26. The molecule has 5 nitrogen and oxygen atoms in total. The monoisotopic (exact) mass is 340 g/mol. The summed E-state index contributed by atoms with van der Waals surface area (Å²) < 4.78 is 13.4. The molecule has 0 aliphatic heterocycles. The summed E-state index contributed by atoms with van der Waals surface area (Å²) in [6, 6.07) is 7.48. The van der Waals surface area contributed by atoms with Crippen molar-refractivity contribution in [3.05, 3.63) is 47.8 Å². The molecule has 1 aromatic carbocycles. The van der Waals surface area contributed by atoms with Gasteiger partial charge in [-0.05, 0) is 62.4 Å². The van der Waals surface area contributed by atoms with Gasteiger partial charge in [-0.25, -0.2) is 0 Å². The largest absolute Gasteiger partial charge is 0.490 e. The standard InChI is InChI=1S/C20H24N2O3/c1-3-24-20-14-15(8-10-18(23)17-12-13-22(2)21-17)9-11-19(20)25-16-6-4-5-7-16/h8-14,16H,3-7H2,1-2H3/b10-8+. The summed E-state index contributed by atoms with van der Waals surface area (Å²) in [5, 5.41) is 4.11. The molecule has 1 saturated carbocycles. The van der Waals surface area contributed by atoms with Gasteiger partial charge in [0.25, 0.3) is 0 Å². The number of hydrogen-bond acceptors (Lipinski definition) is 4. The number of aromatic nitrogens is 2. The highest BCUT2D eigenvalue weighted by Crippen LogP contribution is 2.33. The maximum atomic E-state index is 12.1. The molecule has 1 aliphatic rings. The van der Waals surface area contributed by atoms with E-state index in [4.69, 9.17) is 9.47 Å². The van der Waals surface area contributed by atoms with Gasteiger partial charge in [0.2, 0.25) is 5.78 Å². The number of ether oxygens (including phenoxy) is 2. The van der Waals surface area contributed by atoms with Crippen LogP contribution in [0.5, 0.6) is 11.5 Å². The molecule has 132 valence electrons. The van der Waals surface area contributed by atoms with Crippen molar-refractivity contribution in [1.29, 1.82) is 0 Å². The molecule has 2 aromatic rings. The number of rotatable bonds is 7. The highest BCUT2D eigenvalue weighted by atomic mass is 16.5. The number of ketones is 1. The topological polar surface area (TPSA) is 53.4 Å². The molecule has 0 amide bonds. The number of carbonyl (C=O) groups excluding carboxylic acids is 1. The van der Waals surface area contributed by atoms with Gasteiger partial charge < -0.3 is 9.47 Å². The first kappa shape index (κ1) is 17.3. The first-order valence-corrected chi connectivity index (χ1v) is 8.81. The Kier molecular flexibility index (Phi) is 5.53. The first-order chi connectivity index (χ1) is 12.2. The molecule has 0 radical (unpaired) electrons. The van der Waals surface area contributed by atoms with Crippen LogP contribution in [0.4, 0.5) is 0 Å². The summed E-state index contributed by atoms with van der Waals surface area (Å²) in [5.41, 5.74) is 1.33. The number of benzene rings is 1. The van der Waals surface area contributed by atoms with Crippen molar-refractivity contribution in [2.45, 2.75) is 38.7 Å². The minimum absolute atomic E-state index is 0.121. The zero-order valence-electron chi connectivity index (χ0n) is 14.8. The third-order valence-corrected chi connectivity index (χ3v) is 4.26. The Morgan fingerprint density at radius 1 is 1.28 bits per heavy atom. The molecule has 1 fully saturated rings. The van der Waals surface area contributed by atoms with Gasteiger partial charge >= 0.3 is 0 Å². The van der Waals surface area contributed by atoms with Crippen LogP contribution in [0, 0.1) is 0 Å². The lowest BCUT2D eigenvalue weighted by Gasteiger charge is -2.17. The highest BCUT2D eigenvalue weighted by molar-refractivity contribution is 6.05. The van der Waals surface area contributed by atoms with Crippen LogP contribution in [-0.2, 0) is 7.05 Å². The van der Waals surface area contributed by atoms with Crippen molar-refractivity contribution >= 4 is 11.9 Å². The lowest BCUT2D eigenvalue weighted by atomic mass is 10.1. The Balaban J connectivity index is 1.73. The quantitative estimate of drug-likeness (QED) is 0.564. The van der Waals surface area contributed by atoms with E-state index in [-0.39, 0.29) is 11.9 Å². The average molecular weight is 340 g/mol. The minimum Gasteiger partial charge on any atom is -0.490 e. The third-order valence-electron chi connectivity index (χ3n) is 4.26. The van der Waals surface area contributed by atoms with E-state index in [1.54, 1.807) is 30.1 Å². The van der Waals surface area contributed by atoms with E-state index >= 15 is 0 Å². The van der Waals surface area contributed by atoms with Crippen LogP contribution in [0.15, 0.2) is 36.5 Å². The predicted octanol–water partition coefficient (Wildman–Crippen LogP) is 4.04. The second-order valence-corrected chi connectivity index (χ2v) is 6.24. The Labute approximate surface area is 148 Å². The Hall–Kier alpha value is -2.56. The van der Waals surface area contributed by atoms with Crippen molar-refractivity contribution in [3.8, 4) is 11.5 Å². The summed E-state index contributed by atoms with van der Waals surface area (Å²) in [5.74, 6) is 1.38. The molecule has 3 rings (SSSR count). The van der Waals surface area contributed by atoms with Crippen molar-refractivity contribution in [2.75, 3.05) is 6.61 Å². The molecule has 5 heteroatoms. The van der Waals surface area contributed by atoms with Crippen LogP contribution in [0.1, 0.15) is 48.7 Å². The molecule has 0 atom stereocenters. The van der Waals surface area contributed by atoms with Crippen LogP contribution in [0.25, 0.3) is 6.08 Å². The molecule has 0 spiro atoms. The smallest absolute Gasteiger partial charge is 0.206 e. The van der Waals surface area contributed by atoms with Crippen LogP contribution < -0.4 is 9.47 Å². The zero-order chi connectivity index (χ0) is 17.6. The van der Waals surface area contributed by atoms with Gasteiger partial charge in [0.05, 0.1) is 12.7 Å². The lowest BCUT2D eigenvalue weighted by molar-refractivity contribution is 0.104. The number of allylic oxidation sites excluding steroid dienone is 1. The fourth-order valence-corrected chi connectivity index (χ4v) is 2.98. The van der Waals surface area contributed by atoms with E-state index in [9.17, 15) is 4.79 Å². The van der Waals surface area contributed by atoms with Crippen LogP contribution in [0.2, 0.25) is 0 Å². The maximum absolute atomic E-state index is 12.1. The molecule has 25 heavy (non-hydrogen) atoms. The van der Waals surface area contributed by atoms with E-state index in [1.165, 1.54) is 18.9 Å². The molecule has 0 saturated heterocycles. The number of hydrogen-bond donors (Lipinski definition) is 0. The maximum Gasteiger partial charge on any atom is 0.206 e. The molecule has 0 unspecified atom stereocenters. The molecular weight excluding hydrogens is 316 g/mol. The van der Waals surface area contributed by atoms with Crippen LogP contribution in [-0.4, -0.2) is 28.3 Å². The van der Waals surface area contributed by atoms with E-state index in [0.717, 1.165) is 29.9 Å². The Bertz CT molecular complexity index is 758. The van der Waals surface area contributed by atoms with E-state index in [0.29, 0.717) is 12.3 Å². The summed E-state index contributed by atoms with van der Waals surface area (Å²) in [6.45, 7) is 2.52. The lowest BCUT2D eigenvalue weighted by Crippen LogP contribution is -2.11. The van der Waals surface area contributed by atoms with Crippen LogP contribution >= 0.6 is 0 Å². The van der Waals surface area contributed by atoms with E-state index in [1.807, 2.05) is 25.1 Å². The van der Waals surface area contributed by atoms with Gasteiger partial charge in [0.15, 0.2) is 11.5 Å². The SMILES string of the molecule is CCOc1cc(/C=C/C(=O)c2ccn(C)n2)ccc1OC1CCCC1. The number of aryl methyl sites for hydroxylation is 1. The van der Waals surface area contributed by atoms with Crippen molar-refractivity contribution in [3.63, 3.8) is 0 Å². The zero-order valence-corrected chi connectivity index (χ0v) is 14.8. The first-order valence-electron chi connectivity index (χ1n) is 8.81. The van der Waals surface area contributed by atoms with Gasteiger partial charge in [0, 0.05) is 13.2 Å². The van der Waals surface area contributed by atoms with Gasteiger partial charge in [-0.3, -0.25) is 9.48 Å². The summed E-state index contributed by atoms with van der Waals surface area (Å²) >= 11 is 0.